The minimum atomic E-state index is -0.908. The highest BCUT2D eigenvalue weighted by molar-refractivity contribution is 7.07. The van der Waals surface area contributed by atoms with E-state index in [2.05, 4.69) is 14.9 Å². The zero-order chi connectivity index (χ0) is 17.0. The lowest BCUT2D eigenvalue weighted by Crippen LogP contribution is -2.30. The van der Waals surface area contributed by atoms with Crippen LogP contribution in [0.5, 0.6) is 0 Å². The summed E-state index contributed by atoms with van der Waals surface area (Å²) in [5, 5.41) is 6.65. The molecule has 122 valence electrons. The van der Waals surface area contributed by atoms with Crippen molar-refractivity contribution in [3.8, 4) is 0 Å². The van der Waals surface area contributed by atoms with Gasteiger partial charge in [-0.15, -0.1) is 5.10 Å². The number of nitrogens with one attached hydrogen (secondary N) is 1. The highest BCUT2D eigenvalue weighted by Gasteiger charge is 2.23. The number of esters is 1. The second-order valence-corrected chi connectivity index (χ2v) is 6.01. The first-order chi connectivity index (χ1) is 10.9. The van der Waals surface area contributed by atoms with Crippen molar-refractivity contribution in [3.63, 3.8) is 0 Å². The van der Waals surface area contributed by atoms with Crippen molar-refractivity contribution in [2.24, 2.45) is 0 Å². The van der Waals surface area contributed by atoms with Gasteiger partial charge in [-0.05, 0) is 55.9 Å². The highest BCUT2D eigenvalue weighted by Crippen LogP contribution is 2.18. The number of hydrogen-bond acceptors (Lipinski definition) is 6. The Morgan fingerprint density at radius 3 is 2.78 bits per heavy atom. The van der Waals surface area contributed by atoms with Crippen LogP contribution >= 0.6 is 11.5 Å². The standard InChI is InChI=1S/C16H19N3O3S/c1-5-12-14(23-19-18-12)16(21)22-11(4)15(20)17-13-8-9(2)6-7-10(13)3/h6-8,11H,5H2,1-4H3,(H,17,20)/t11-/m0/s1. The van der Waals surface area contributed by atoms with Crippen LogP contribution in [0.25, 0.3) is 0 Å². The predicted molar refractivity (Wildman–Crippen MR) is 88.7 cm³/mol. The molecule has 0 radical (unpaired) electrons. The van der Waals surface area contributed by atoms with Gasteiger partial charge in [-0.25, -0.2) is 4.79 Å². The van der Waals surface area contributed by atoms with E-state index in [1.807, 2.05) is 39.0 Å². The summed E-state index contributed by atoms with van der Waals surface area (Å²) in [6, 6.07) is 5.78. The molecule has 23 heavy (non-hydrogen) atoms. The maximum atomic E-state index is 12.2. The number of carbonyl (C=O) groups excluding carboxylic acids is 2. The van der Waals surface area contributed by atoms with Crippen molar-refractivity contribution in [3.05, 3.63) is 39.9 Å². The second-order valence-electron chi connectivity index (χ2n) is 5.26. The molecule has 1 N–H and O–H groups in total. The molecule has 1 aromatic carbocycles. The molecule has 2 rings (SSSR count). The largest absolute Gasteiger partial charge is 0.448 e. The van der Waals surface area contributed by atoms with Crippen LogP contribution in [0.2, 0.25) is 0 Å². The first-order valence-corrected chi connectivity index (χ1v) is 8.10. The number of amides is 1. The Kier molecular flexibility index (Phi) is 5.44. The molecule has 1 aromatic heterocycles. The van der Waals surface area contributed by atoms with Crippen LogP contribution < -0.4 is 5.32 Å². The zero-order valence-corrected chi connectivity index (χ0v) is 14.4. The van der Waals surface area contributed by atoms with Gasteiger partial charge in [-0.1, -0.05) is 23.5 Å². The summed E-state index contributed by atoms with van der Waals surface area (Å²) in [5.41, 5.74) is 3.29. The number of rotatable bonds is 5. The second kappa shape index (κ2) is 7.32. The molecule has 2 aromatic rings. The molecule has 1 atom stereocenters. The van der Waals surface area contributed by atoms with E-state index < -0.39 is 12.1 Å². The van der Waals surface area contributed by atoms with E-state index >= 15 is 0 Å². The lowest BCUT2D eigenvalue weighted by molar-refractivity contribution is -0.123. The molecule has 0 saturated carbocycles. The number of nitrogens with zero attached hydrogens (tertiary/aromatic N) is 2. The van der Waals surface area contributed by atoms with Crippen molar-refractivity contribution in [2.75, 3.05) is 5.32 Å². The van der Waals surface area contributed by atoms with Gasteiger partial charge in [-0.2, -0.15) is 0 Å². The third-order valence-corrected chi connectivity index (χ3v) is 4.13. The predicted octanol–water partition coefficient (Wildman–Crippen LogP) is 2.90. The summed E-state index contributed by atoms with van der Waals surface area (Å²) in [6.45, 7) is 7.27. The van der Waals surface area contributed by atoms with Crippen molar-refractivity contribution < 1.29 is 14.3 Å². The minimum absolute atomic E-state index is 0.346. The van der Waals surface area contributed by atoms with E-state index in [1.54, 1.807) is 6.92 Å². The number of benzene rings is 1. The first kappa shape index (κ1) is 17.1. The van der Waals surface area contributed by atoms with Crippen LogP contribution in [0, 0.1) is 13.8 Å². The molecular weight excluding hydrogens is 314 g/mol. The fourth-order valence-corrected chi connectivity index (χ4v) is 2.60. The molecule has 0 spiro atoms. The lowest BCUT2D eigenvalue weighted by Gasteiger charge is -2.14. The Morgan fingerprint density at radius 1 is 1.35 bits per heavy atom. The van der Waals surface area contributed by atoms with Gasteiger partial charge in [0.15, 0.2) is 11.0 Å². The molecule has 6 nitrogen and oxygen atoms in total. The molecule has 0 aliphatic carbocycles. The molecule has 0 aliphatic rings. The van der Waals surface area contributed by atoms with Crippen molar-refractivity contribution >= 4 is 29.1 Å². The van der Waals surface area contributed by atoms with Gasteiger partial charge >= 0.3 is 5.97 Å². The Bertz CT molecular complexity index is 727. The summed E-state index contributed by atoms with van der Waals surface area (Å²) in [5.74, 6) is -0.942. The molecule has 0 aliphatic heterocycles. The third kappa shape index (κ3) is 4.13. The quantitative estimate of drug-likeness (QED) is 0.851. The Labute approximate surface area is 139 Å². The van der Waals surface area contributed by atoms with Gasteiger partial charge in [0.05, 0.1) is 5.69 Å². The van der Waals surface area contributed by atoms with Gasteiger partial charge in [-0.3, -0.25) is 4.79 Å². The molecule has 0 saturated heterocycles. The lowest BCUT2D eigenvalue weighted by atomic mass is 10.1. The van der Waals surface area contributed by atoms with Crippen LogP contribution in [0.1, 0.15) is 40.3 Å². The normalized spacial score (nSPS) is 11.8. The Balaban J connectivity index is 2.02. The van der Waals surface area contributed by atoms with Gasteiger partial charge in [0, 0.05) is 5.69 Å². The Hall–Kier alpha value is -2.28. The van der Waals surface area contributed by atoms with Gasteiger partial charge in [0.1, 0.15) is 0 Å². The first-order valence-electron chi connectivity index (χ1n) is 7.32. The number of aryl methyl sites for hydroxylation is 3. The maximum Gasteiger partial charge on any atom is 0.352 e. The number of aromatic nitrogens is 2. The third-order valence-electron chi connectivity index (χ3n) is 3.38. The summed E-state index contributed by atoms with van der Waals surface area (Å²) in [6.07, 6.45) is -0.321. The summed E-state index contributed by atoms with van der Waals surface area (Å²) < 4.78 is 8.97. The smallest absolute Gasteiger partial charge is 0.352 e. The van der Waals surface area contributed by atoms with Crippen LogP contribution in [0.15, 0.2) is 18.2 Å². The summed E-state index contributed by atoms with van der Waals surface area (Å²) >= 11 is 0.977. The number of anilines is 1. The van der Waals surface area contributed by atoms with Crippen LogP contribution in [-0.2, 0) is 16.0 Å². The van der Waals surface area contributed by atoms with Gasteiger partial charge < -0.3 is 10.1 Å². The summed E-state index contributed by atoms with van der Waals surface area (Å²) in [4.78, 5) is 24.7. The fourth-order valence-electron chi connectivity index (χ4n) is 1.97. The average Bonchev–Trinajstić information content (AvgIpc) is 2.99. The Morgan fingerprint density at radius 2 is 2.09 bits per heavy atom. The van der Waals surface area contributed by atoms with Crippen LogP contribution in [0.4, 0.5) is 5.69 Å². The number of carbonyl (C=O) groups is 2. The highest BCUT2D eigenvalue weighted by atomic mass is 32.1. The number of ether oxygens (including phenoxy) is 1. The van der Waals surface area contributed by atoms with Crippen molar-refractivity contribution in [1.29, 1.82) is 0 Å². The average molecular weight is 333 g/mol. The van der Waals surface area contributed by atoms with Crippen molar-refractivity contribution in [2.45, 2.75) is 40.2 Å². The molecule has 1 amide bonds. The van der Waals surface area contributed by atoms with Crippen molar-refractivity contribution in [1.82, 2.24) is 9.59 Å². The molecule has 0 unspecified atom stereocenters. The molecule has 0 bridgehead atoms. The van der Waals surface area contributed by atoms with E-state index in [0.29, 0.717) is 22.7 Å². The van der Waals surface area contributed by atoms with E-state index in [1.165, 1.54) is 0 Å². The molecule has 7 heteroatoms. The summed E-state index contributed by atoms with van der Waals surface area (Å²) in [7, 11) is 0. The molecule has 1 heterocycles. The molecular formula is C16H19N3O3S. The zero-order valence-electron chi connectivity index (χ0n) is 13.5. The van der Waals surface area contributed by atoms with E-state index in [4.69, 9.17) is 4.74 Å². The van der Waals surface area contributed by atoms with Crippen LogP contribution in [0.3, 0.4) is 0 Å². The van der Waals surface area contributed by atoms with Gasteiger partial charge in [0.2, 0.25) is 0 Å². The van der Waals surface area contributed by atoms with Crippen LogP contribution in [-0.4, -0.2) is 27.6 Å². The van der Waals surface area contributed by atoms with E-state index in [0.717, 1.165) is 22.7 Å². The molecule has 0 fully saturated rings. The van der Waals surface area contributed by atoms with Gasteiger partial charge in [0.25, 0.3) is 5.91 Å². The monoisotopic (exact) mass is 333 g/mol. The minimum Gasteiger partial charge on any atom is -0.448 e. The van der Waals surface area contributed by atoms with E-state index in [-0.39, 0.29) is 5.91 Å². The topological polar surface area (TPSA) is 81.2 Å². The fraction of sp³-hybridized carbons (Fsp3) is 0.375. The van der Waals surface area contributed by atoms with E-state index in [9.17, 15) is 9.59 Å². The SMILES string of the molecule is CCc1nnsc1C(=O)O[C@@H](C)C(=O)Nc1cc(C)ccc1C. The number of hydrogen-bond donors (Lipinski definition) is 1. The maximum absolute atomic E-state index is 12.2.